The number of para-hydroxylation sites is 3. The number of aryl methyl sites for hydroxylation is 1. The van der Waals surface area contributed by atoms with Crippen LogP contribution in [0.2, 0.25) is 0 Å². The van der Waals surface area contributed by atoms with Gasteiger partial charge in [-0.1, -0.05) is 49.6 Å². The Morgan fingerprint density at radius 1 is 1.00 bits per heavy atom. The van der Waals surface area contributed by atoms with Gasteiger partial charge in [0.1, 0.15) is 11.8 Å². The summed E-state index contributed by atoms with van der Waals surface area (Å²) in [5.41, 5.74) is 3.65. The molecule has 38 heavy (non-hydrogen) atoms. The van der Waals surface area contributed by atoms with Gasteiger partial charge in [-0.15, -0.1) is 5.10 Å². The predicted molar refractivity (Wildman–Crippen MR) is 148 cm³/mol. The third-order valence-corrected chi connectivity index (χ3v) is 8.20. The fourth-order valence-corrected chi connectivity index (χ4v) is 6.18. The molecule has 1 saturated carbocycles. The molecule has 1 atom stereocenters. The monoisotopic (exact) mass is 513 g/mol. The number of hydrogen-bond acceptors (Lipinski definition) is 7. The lowest BCUT2D eigenvalue weighted by Gasteiger charge is -2.40. The van der Waals surface area contributed by atoms with Gasteiger partial charge in [0.2, 0.25) is 0 Å². The number of tetrazole rings is 1. The molecular weight excluding hydrogens is 478 g/mol. The fraction of sp³-hybridized carbons (Fsp3) is 0.448. The second kappa shape index (κ2) is 10.6. The molecule has 0 spiro atoms. The molecule has 6 rings (SSSR count). The van der Waals surface area contributed by atoms with E-state index in [2.05, 4.69) is 42.4 Å². The van der Waals surface area contributed by atoms with Gasteiger partial charge < -0.3 is 14.6 Å². The summed E-state index contributed by atoms with van der Waals surface area (Å²) in [6.45, 7) is 5.19. The van der Waals surface area contributed by atoms with Gasteiger partial charge >= 0.3 is 0 Å². The number of anilines is 1. The predicted octanol–water partition coefficient (Wildman–Crippen LogP) is 4.25. The minimum atomic E-state index is -0.333. The van der Waals surface area contributed by atoms with Crippen LogP contribution in [0.3, 0.4) is 0 Å². The summed E-state index contributed by atoms with van der Waals surface area (Å²) in [5, 5.41) is 14.2. The summed E-state index contributed by atoms with van der Waals surface area (Å²) < 4.78 is 7.63. The Morgan fingerprint density at radius 3 is 2.58 bits per heavy atom. The standard InChI is InChI=1S/C29H35N7O2/c1-20-9-8-10-21-19-23(29(37)30-26(20)21)27(28-31-32-33-36(28)22-11-4-3-5-12-22)35-17-15-34(16-18-35)24-13-6-7-14-25(24)38-2/h6-10,13-14,19,22,27H,3-5,11-12,15-18H2,1-2H3,(H,30,37). The lowest BCUT2D eigenvalue weighted by atomic mass is 9.95. The van der Waals surface area contributed by atoms with Crippen molar-refractivity contribution in [3.8, 4) is 5.75 Å². The van der Waals surface area contributed by atoms with Crippen LogP contribution in [0.4, 0.5) is 5.69 Å². The van der Waals surface area contributed by atoms with E-state index in [4.69, 9.17) is 4.74 Å². The molecule has 0 bridgehead atoms. The highest BCUT2D eigenvalue weighted by molar-refractivity contribution is 5.82. The van der Waals surface area contributed by atoms with Gasteiger partial charge in [-0.25, -0.2) is 4.68 Å². The zero-order valence-electron chi connectivity index (χ0n) is 22.1. The maximum absolute atomic E-state index is 13.6. The molecule has 3 heterocycles. The van der Waals surface area contributed by atoms with Crippen LogP contribution in [0.5, 0.6) is 5.75 Å². The number of fused-ring (bicyclic) bond motifs is 1. The first-order valence-electron chi connectivity index (χ1n) is 13.7. The van der Waals surface area contributed by atoms with Crippen LogP contribution >= 0.6 is 0 Å². The summed E-state index contributed by atoms with van der Waals surface area (Å²) in [7, 11) is 1.71. The Hall–Kier alpha value is -3.72. The van der Waals surface area contributed by atoms with Crippen molar-refractivity contribution in [3.63, 3.8) is 0 Å². The largest absolute Gasteiger partial charge is 0.495 e. The molecule has 1 unspecified atom stereocenters. The first-order chi connectivity index (χ1) is 18.6. The number of aromatic amines is 1. The molecular formula is C29H35N7O2. The fourth-order valence-electron chi connectivity index (χ4n) is 6.18. The molecule has 4 aromatic rings. The van der Waals surface area contributed by atoms with E-state index in [1.165, 1.54) is 19.3 Å². The molecule has 0 amide bonds. The second-order valence-electron chi connectivity index (χ2n) is 10.5. The highest BCUT2D eigenvalue weighted by Crippen LogP contribution is 2.35. The van der Waals surface area contributed by atoms with E-state index >= 15 is 0 Å². The van der Waals surface area contributed by atoms with Crippen LogP contribution in [0.15, 0.2) is 53.3 Å². The minimum Gasteiger partial charge on any atom is -0.495 e. The molecule has 2 fully saturated rings. The van der Waals surface area contributed by atoms with Gasteiger partial charge in [-0.3, -0.25) is 9.69 Å². The van der Waals surface area contributed by atoms with Crippen LogP contribution in [0, 0.1) is 6.92 Å². The Bertz CT molecular complexity index is 1470. The molecule has 9 nitrogen and oxygen atoms in total. The molecule has 1 saturated heterocycles. The zero-order chi connectivity index (χ0) is 26.1. The van der Waals surface area contributed by atoms with Crippen LogP contribution in [0.25, 0.3) is 10.9 Å². The van der Waals surface area contributed by atoms with Crippen molar-refractivity contribution in [2.24, 2.45) is 0 Å². The molecule has 198 valence electrons. The average Bonchev–Trinajstić information content (AvgIpc) is 3.44. The third kappa shape index (κ3) is 4.55. The Morgan fingerprint density at radius 2 is 1.79 bits per heavy atom. The van der Waals surface area contributed by atoms with Crippen molar-refractivity contribution in [1.82, 2.24) is 30.1 Å². The van der Waals surface area contributed by atoms with Crippen LogP contribution in [0.1, 0.15) is 61.1 Å². The van der Waals surface area contributed by atoms with Crippen LogP contribution in [-0.4, -0.2) is 63.4 Å². The minimum absolute atomic E-state index is 0.0813. The number of nitrogens with one attached hydrogen (secondary N) is 1. The number of aromatic nitrogens is 5. The van der Waals surface area contributed by atoms with Crippen molar-refractivity contribution >= 4 is 16.6 Å². The van der Waals surface area contributed by atoms with E-state index in [1.807, 2.05) is 48.0 Å². The first-order valence-corrected chi connectivity index (χ1v) is 13.7. The molecule has 1 aliphatic heterocycles. The summed E-state index contributed by atoms with van der Waals surface area (Å²) in [5.74, 6) is 1.64. The molecule has 9 heteroatoms. The normalized spacial score (nSPS) is 18.1. The molecule has 2 aromatic carbocycles. The molecule has 0 radical (unpaired) electrons. The first kappa shape index (κ1) is 24.6. The summed E-state index contributed by atoms with van der Waals surface area (Å²) in [6, 6.07) is 16.2. The Balaban J connectivity index is 1.39. The maximum atomic E-state index is 13.6. The number of benzene rings is 2. The summed E-state index contributed by atoms with van der Waals surface area (Å²) in [6.07, 6.45) is 5.76. The Labute approximate surface area is 222 Å². The Kier molecular flexibility index (Phi) is 6.84. The number of H-pyrrole nitrogens is 1. The lowest BCUT2D eigenvalue weighted by Crippen LogP contribution is -2.49. The van der Waals surface area contributed by atoms with Gasteiger partial charge in [0.25, 0.3) is 5.56 Å². The van der Waals surface area contributed by atoms with E-state index in [0.717, 1.165) is 72.7 Å². The number of hydrogen-bond donors (Lipinski definition) is 1. The topological polar surface area (TPSA) is 92.2 Å². The molecule has 1 N–H and O–H groups in total. The van der Waals surface area contributed by atoms with E-state index in [9.17, 15) is 4.79 Å². The molecule has 2 aliphatic rings. The van der Waals surface area contributed by atoms with E-state index < -0.39 is 0 Å². The second-order valence-corrected chi connectivity index (χ2v) is 10.5. The van der Waals surface area contributed by atoms with E-state index in [-0.39, 0.29) is 17.6 Å². The maximum Gasteiger partial charge on any atom is 0.253 e. The SMILES string of the molecule is COc1ccccc1N1CCN(C(c2cc3cccc(C)c3[nH]c2=O)c2nnnn2C2CCCCC2)CC1. The van der Waals surface area contributed by atoms with E-state index in [0.29, 0.717) is 5.56 Å². The molecule has 2 aromatic heterocycles. The highest BCUT2D eigenvalue weighted by atomic mass is 16.5. The number of pyridine rings is 1. The van der Waals surface area contributed by atoms with Gasteiger partial charge in [-0.05, 0) is 59.3 Å². The van der Waals surface area contributed by atoms with Crippen LogP contribution in [-0.2, 0) is 0 Å². The zero-order valence-corrected chi connectivity index (χ0v) is 22.1. The highest BCUT2D eigenvalue weighted by Gasteiger charge is 2.34. The van der Waals surface area contributed by atoms with Crippen molar-refractivity contribution in [2.45, 2.75) is 51.1 Å². The number of rotatable bonds is 6. The van der Waals surface area contributed by atoms with Crippen LogP contribution < -0.4 is 15.2 Å². The summed E-state index contributed by atoms with van der Waals surface area (Å²) >= 11 is 0. The number of methoxy groups -OCH3 is 1. The van der Waals surface area contributed by atoms with Gasteiger partial charge in [-0.2, -0.15) is 0 Å². The lowest BCUT2D eigenvalue weighted by molar-refractivity contribution is 0.192. The smallest absolute Gasteiger partial charge is 0.253 e. The van der Waals surface area contributed by atoms with Gasteiger partial charge in [0, 0.05) is 31.7 Å². The number of ether oxygens (including phenoxy) is 1. The summed E-state index contributed by atoms with van der Waals surface area (Å²) in [4.78, 5) is 21.5. The number of piperazine rings is 1. The number of nitrogens with zero attached hydrogens (tertiary/aromatic N) is 6. The van der Waals surface area contributed by atoms with Crippen molar-refractivity contribution in [3.05, 3.63) is 75.8 Å². The van der Waals surface area contributed by atoms with Crippen molar-refractivity contribution < 1.29 is 4.74 Å². The van der Waals surface area contributed by atoms with Crippen molar-refractivity contribution in [1.29, 1.82) is 0 Å². The van der Waals surface area contributed by atoms with Gasteiger partial charge in [0.15, 0.2) is 5.82 Å². The quantitative estimate of drug-likeness (QED) is 0.412. The van der Waals surface area contributed by atoms with Crippen molar-refractivity contribution in [2.75, 3.05) is 38.2 Å². The average molecular weight is 514 g/mol. The molecule has 1 aliphatic carbocycles. The third-order valence-electron chi connectivity index (χ3n) is 8.20. The van der Waals surface area contributed by atoms with Gasteiger partial charge in [0.05, 0.1) is 24.4 Å². The van der Waals surface area contributed by atoms with E-state index in [1.54, 1.807) is 7.11 Å².